The lowest BCUT2D eigenvalue weighted by Crippen LogP contribution is -2.32. The number of amides is 2. The van der Waals surface area contributed by atoms with Crippen molar-refractivity contribution in [2.24, 2.45) is 0 Å². The van der Waals surface area contributed by atoms with E-state index in [1.807, 2.05) is 93.5 Å². The largest absolute Gasteiger partial charge is 0.378 e. The minimum absolute atomic E-state index is 0.108. The number of rotatable bonds is 6. The summed E-state index contributed by atoms with van der Waals surface area (Å²) in [6.07, 6.45) is 0. The van der Waals surface area contributed by atoms with E-state index in [-0.39, 0.29) is 24.1 Å². The second kappa shape index (κ2) is 9.12. The quantitative estimate of drug-likeness (QED) is 0.500. The molecule has 0 bridgehead atoms. The molecule has 0 radical (unpaired) electrons. The van der Waals surface area contributed by atoms with Crippen LogP contribution in [0.25, 0.3) is 5.57 Å². The van der Waals surface area contributed by atoms with E-state index in [1.165, 1.54) is 4.90 Å². The molecular formula is C27H26ClN3O2. The first kappa shape index (κ1) is 22.6. The van der Waals surface area contributed by atoms with Gasteiger partial charge in [0.2, 0.25) is 0 Å². The van der Waals surface area contributed by atoms with Crippen LogP contribution >= 0.6 is 11.6 Å². The maximum atomic E-state index is 13.5. The van der Waals surface area contributed by atoms with Crippen LogP contribution in [0.15, 0.2) is 72.4 Å². The van der Waals surface area contributed by atoms with E-state index in [0.29, 0.717) is 16.2 Å². The van der Waals surface area contributed by atoms with E-state index in [0.717, 1.165) is 28.1 Å². The highest BCUT2D eigenvalue weighted by molar-refractivity contribution is 6.36. The van der Waals surface area contributed by atoms with E-state index in [9.17, 15) is 9.59 Å². The van der Waals surface area contributed by atoms with Gasteiger partial charge in [-0.25, -0.2) is 0 Å². The van der Waals surface area contributed by atoms with Gasteiger partial charge in [0, 0.05) is 30.5 Å². The monoisotopic (exact) mass is 459 g/mol. The molecule has 33 heavy (non-hydrogen) atoms. The first-order valence-corrected chi connectivity index (χ1v) is 11.1. The SMILES string of the molecule is Cc1ccc(C2=C(Nc3ccc(N(C)C)cc3)C(=O)N(Cc3ccccc3Cl)C2=O)cc1C. The second-order valence-corrected chi connectivity index (χ2v) is 8.81. The zero-order valence-electron chi connectivity index (χ0n) is 19.1. The van der Waals surface area contributed by atoms with Crippen molar-refractivity contribution >= 4 is 40.4 Å². The second-order valence-electron chi connectivity index (χ2n) is 8.40. The van der Waals surface area contributed by atoms with Crippen molar-refractivity contribution in [2.75, 3.05) is 24.3 Å². The van der Waals surface area contributed by atoms with Crippen LogP contribution in [0.2, 0.25) is 5.02 Å². The van der Waals surface area contributed by atoms with Crippen LogP contribution in [0.4, 0.5) is 11.4 Å². The smallest absolute Gasteiger partial charge is 0.278 e. The molecule has 1 heterocycles. The third-order valence-corrected chi connectivity index (χ3v) is 6.27. The Balaban J connectivity index is 1.75. The molecule has 1 aliphatic rings. The summed E-state index contributed by atoms with van der Waals surface area (Å²) in [5.41, 5.74) is 6.02. The number of nitrogens with one attached hydrogen (secondary N) is 1. The topological polar surface area (TPSA) is 52.7 Å². The van der Waals surface area contributed by atoms with Gasteiger partial charge >= 0.3 is 0 Å². The van der Waals surface area contributed by atoms with Gasteiger partial charge in [-0.15, -0.1) is 0 Å². The number of carbonyl (C=O) groups excluding carboxylic acids is 2. The molecule has 2 amide bonds. The summed E-state index contributed by atoms with van der Waals surface area (Å²) in [5.74, 6) is -0.708. The van der Waals surface area contributed by atoms with Crippen LogP contribution in [-0.2, 0) is 16.1 Å². The zero-order chi connectivity index (χ0) is 23.7. The summed E-state index contributed by atoms with van der Waals surface area (Å²) in [6, 6.07) is 20.8. The molecule has 1 aliphatic heterocycles. The van der Waals surface area contributed by atoms with Crippen molar-refractivity contribution in [3.05, 3.63) is 99.7 Å². The Bertz CT molecular complexity index is 1260. The number of benzene rings is 3. The average Bonchev–Trinajstić information content (AvgIpc) is 3.02. The highest BCUT2D eigenvalue weighted by atomic mass is 35.5. The Labute approximate surface area is 199 Å². The summed E-state index contributed by atoms with van der Waals surface area (Å²) in [5, 5.41) is 3.74. The van der Waals surface area contributed by atoms with E-state index >= 15 is 0 Å². The van der Waals surface area contributed by atoms with Crippen molar-refractivity contribution in [1.82, 2.24) is 4.90 Å². The number of aryl methyl sites for hydroxylation is 2. The summed E-state index contributed by atoms with van der Waals surface area (Å²) in [7, 11) is 3.93. The molecule has 0 spiro atoms. The third kappa shape index (κ3) is 4.50. The van der Waals surface area contributed by atoms with Crippen LogP contribution < -0.4 is 10.2 Å². The predicted octanol–water partition coefficient (Wildman–Crippen LogP) is 5.42. The normalized spacial score (nSPS) is 13.7. The number of halogens is 1. The van der Waals surface area contributed by atoms with E-state index < -0.39 is 0 Å². The Morgan fingerprint density at radius 1 is 0.879 bits per heavy atom. The van der Waals surface area contributed by atoms with Crippen LogP contribution in [0.1, 0.15) is 22.3 Å². The van der Waals surface area contributed by atoms with Crippen molar-refractivity contribution in [3.8, 4) is 0 Å². The molecule has 0 atom stereocenters. The highest BCUT2D eigenvalue weighted by Crippen LogP contribution is 2.33. The van der Waals surface area contributed by atoms with Gasteiger partial charge in [-0.05, 0) is 66.4 Å². The lowest BCUT2D eigenvalue weighted by molar-refractivity contribution is -0.137. The Morgan fingerprint density at radius 3 is 2.21 bits per heavy atom. The number of imide groups is 1. The maximum Gasteiger partial charge on any atom is 0.278 e. The predicted molar refractivity (Wildman–Crippen MR) is 134 cm³/mol. The van der Waals surface area contributed by atoms with Gasteiger partial charge in [0.15, 0.2) is 0 Å². The number of nitrogens with zero attached hydrogens (tertiary/aromatic N) is 2. The van der Waals surface area contributed by atoms with Crippen LogP contribution in [0.5, 0.6) is 0 Å². The zero-order valence-corrected chi connectivity index (χ0v) is 19.9. The van der Waals surface area contributed by atoms with Gasteiger partial charge in [0.25, 0.3) is 11.8 Å². The molecule has 0 fully saturated rings. The van der Waals surface area contributed by atoms with Gasteiger partial charge in [-0.1, -0.05) is 48.0 Å². The molecule has 3 aromatic carbocycles. The van der Waals surface area contributed by atoms with Gasteiger partial charge in [-0.2, -0.15) is 0 Å². The number of carbonyl (C=O) groups is 2. The number of hydrogen-bond acceptors (Lipinski definition) is 4. The molecule has 4 rings (SSSR count). The Morgan fingerprint density at radius 2 is 1.58 bits per heavy atom. The highest BCUT2D eigenvalue weighted by Gasteiger charge is 2.39. The van der Waals surface area contributed by atoms with Gasteiger partial charge < -0.3 is 10.2 Å². The first-order valence-electron chi connectivity index (χ1n) is 10.7. The molecule has 0 saturated heterocycles. The molecule has 0 unspecified atom stereocenters. The maximum absolute atomic E-state index is 13.5. The number of hydrogen-bond donors (Lipinski definition) is 1. The molecule has 5 nitrogen and oxygen atoms in total. The van der Waals surface area contributed by atoms with Crippen molar-refractivity contribution in [2.45, 2.75) is 20.4 Å². The molecule has 0 aromatic heterocycles. The summed E-state index contributed by atoms with van der Waals surface area (Å²) >= 11 is 6.31. The van der Waals surface area contributed by atoms with Crippen LogP contribution in [-0.4, -0.2) is 30.8 Å². The van der Waals surface area contributed by atoms with Gasteiger partial charge in [-0.3, -0.25) is 14.5 Å². The first-order chi connectivity index (χ1) is 15.8. The lowest BCUT2D eigenvalue weighted by atomic mass is 9.99. The molecule has 1 N–H and O–H groups in total. The number of anilines is 2. The minimum atomic E-state index is -0.371. The Kier molecular flexibility index (Phi) is 6.25. The molecule has 6 heteroatoms. The van der Waals surface area contributed by atoms with E-state index in [4.69, 9.17) is 11.6 Å². The fourth-order valence-electron chi connectivity index (χ4n) is 3.78. The standard InChI is InChI=1S/C27H26ClN3O2/c1-17-9-10-19(15-18(17)2)24-25(29-21-11-13-22(14-12-21)30(3)4)27(33)31(26(24)32)16-20-7-5-6-8-23(20)28/h5-15,29H,16H2,1-4H3. The van der Waals surface area contributed by atoms with E-state index in [1.54, 1.807) is 6.07 Å². The average molecular weight is 460 g/mol. The van der Waals surface area contributed by atoms with Crippen LogP contribution in [0.3, 0.4) is 0 Å². The molecular weight excluding hydrogens is 434 g/mol. The summed E-state index contributed by atoms with van der Waals surface area (Å²) in [6.45, 7) is 4.12. The summed E-state index contributed by atoms with van der Waals surface area (Å²) in [4.78, 5) is 30.3. The van der Waals surface area contributed by atoms with Gasteiger partial charge in [0.05, 0.1) is 12.1 Å². The van der Waals surface area contributed by atoms with Crippen molar-refractivity contribution in [3.63, 3.8) is 0 Å². The Hall–Kier alpha value is -3.57. The summed E-state index contributed by atoms with van der Waals surface area (Å²) < 4.78 is 0. The van der Waals surface area contributed by atoms with E-state index in [2.05, 4.69) is 5.32 Å². The van der Waals surface area contributed by atoms with Gasteiger partial charge in [0.1, 0.15) is 5.70 Å². The molecule has 3 aromatic rings. The van der Waals surface area contributed by atoms with Crippen molar-refractivity contribution in [1.29, 1.82) is 0 Å². The minimum Gasteiger partial charge on any atom is -0.378 e. The van der Waals surface area contributed by atoms with Crippen molar-refractivity contribution < 1.29 is 9.59 Å². The third-order valence-electron chi connectivity index (χ3n) is 5.90. The molecule has 0 aliphatic carbocycles. The lowest BCUT2D eigenvalue weighted by Gasteiger charge is -2.16. The molecule has 0 saturated carbocycles. The van der Waals surface area contributed by atoms with Crippen LogP contribution in [0, 0.1) is 13.8 Å². The fraction of sp³-hybridized carbons (Fsp3) is 0.185. The molecule has 168 valence electrons. The fourth-order valence-corrected chi connectivity index (χ4v) is 3.98.